The molecule has 4 rings (SSSR count). The summed E-state index contributed by atoms with van der Waals surface area (Å²) in [6, 6.07) is 13.5. The number of aromatic nitrogens is 1. The van der Waals surface area contributed by atoms with E-state index in [2.05, 4.69) is 12.2 Å². The number of amides is 1. The molecule has 1 aliphatic carbocycles. The van der Waals surface area contributed by atoms with Crippen LogP contribution < -0.4 is 5.32 Å². The molecule has 1 aliphatic rings. The third-order valence-electron chi connectivity index (χ3n) is 6.34. The van der Waals surface area contributed by atoms with E-state index in [1.165, 1.54) is 12.1 Å². The second-order valence-corrected chi connectivity index (χ2v) is 8.88. The Kier molecular flexibility index (Phi) is 6.00. The van der Waals surface area contributed by atoms with Crippen molar-refractivity contribution in [1.82, 2.24) is 9.88 Å². The summed E-state index contributed by atoms with van der Waals surface area (Å²) in [6.45, 7) is 2.50. The molecule has 1 saturated carbocycles. The predicted molar refractivity (Wildman–Crippen MR) is 118 cm³/mol. The summed E-state index contributed by atoms with van der Waals surface area (Å²) in [5.74, 6) is -0.863. The van der Waals surface area contributed by atoms with Crippen LogP contribution in [-0.2, 0) is 11.3 Å². The first-order valence-corrected chi connectivity index (χ1v) is 10.8. The molecule has 0 radical (unpaired) electrons. The highest BCUT2D eigenvalue weighted by Crippen LogP contribution is 2.37. The van der Waals surface area contributed by atoms with Crippen molar-refractivity contribution in [2.75, 3.05) is 0 Å². The molecule has 5 nitrogen and oxygen atoms in total. The summed E-state index contributed by atoms with van der Waals surface area (Å²) < 4.78 is 27.6. The fraction of sp³-hybridized carbons (Fsp3) is 0.360. The third kappa shape index (κ3) is 4.52. The highest BCUT2D eigenvalue weighted by molar-refractivity contribution is 6.06. The molecule has 2 atom stereocenters. The zero-order chi connectivity index (χ0) is 22.9. The minimum absolute atomic E-state index is 0.0271. The zero-order valence-electron chi connectivity index (χ0n) is 17.9. The number of halogens is 2. The lowest BCUT2D eigenvalue weighted by Crippen LogP contribution is -2.48. The van der Waals surface area contributed by atoms with Crippen molar-refractivity contribution in [3.05, 3.63) is 71.4 Å². The zero-order valence-corrected chi connectivity index (χ0v) is 17.9. The van der Waals surface area contributed by atoms with Gasteiger partial charge in [-0.2, -0.15) is 0 Å². The minimum Gasteiger partial charge on any atom is -0.481 e. The molecule has 32 heavy (non-hydrogen) atoms. The van der Waals surface area contributed by atoms with E-state index in [-0.39, 0.29) is 17.9 Å². The van der Waals surface area contributed by atoms with E-state index < -0.39 is 17.9 Å². The Labute approximate surface area is 185 Å². The normalized spacial score (nSPS) is 20.7. The van der Waals surface area contributed by atoms with Crippen molar-refractivity contribution in [1.29, 1.82) is 0 Å². The second kappa shape index (κ2) is 8.73. The summed E-state index contributed by atoms with van der Waals surface area (Å²) in [5.41, 5.74) is 1.28. The van der Waals surface area contributed by atoms with Crippen LogP contribution in [0.3, 0.4) is 0 Å². The standard InChI is InChI=1S/C25H26F2N2O3/c1-16-9-11-25(13-16,14-21(30)31)28-24(32)20-4-2-3-18-10-12-29(22(18)20)15-17-5-7-19(8-6-17)23(26)27/h2-8,10,12,16,23H,9,11,13-15H2,1H3,(H,28,32)(H,30,31). The number of carbonyl (C=O) groups excluding carboxylic acids is 1. The lowest BCUT2D eigenvalue weighted by atomic mass is 9.91. The van der Waals surface area contributed by atoms with Crippen molar-refractivity contribution in [2.24, 2.45) is 5.92 Å². The maximum atomic E-state index is 13.3. The molecule has 1 aromatic heterocycles. The van der Waals surface area contributed by atoms with Crippen LogP contribution in [0.15, 0.2) is 54.7 Å². The van der Waals surface area contributed by atoms with Gasteiger partial charge in [0.1, 0.15) is 0 Å². The summed E-state index contributed by atoms with van der Waals surface area (Å²) >= 11 is 0. The molecule has 2 unspecified atom stereocenters. The topological polar surface area (TPSA) is 71.3 Å². The monoisotopic (exact) mass is 440 g/mol. The number of nitrogens with one attached hydrogen (secondary N) is 1. The van der Waals surface area contributed by atoms with Crippen molar-refractivity contribution >= 4 is 22.8 Å². The van der Waals surface area contributed by atoms with E-state index in [0.29, 0.717) is 30.9 Å². The van der Waals surface area contributed by atoms with Gasteiger partial charge >= 0.3 is 5.97 Å². The van der Waals surface area contributed by atoms with E-state index in [9.17, 15) is 23.5 Å². The Morgan fingerprint density at radius 2 is 1.94 bits per heavy atom. The van der Waals surface area contributed by atoms with E-state index in [1.54, 1.807) is 24.3 Å². The van der Waals surface area contributed by atoms with Crippen LogP contribution >= 0.6 is 0 Å². The first-order valence-electron chi connectivity index (χ1n) is 10.8. The van der Waals surface area contributed by atoms with Crippen LogP contribution in [0.2, 0.25) is 0 Å². The summed E-state index contributed by atoms with van der Waals surface area (Å²) in [5, 5.41) is 13.3. The summed E-state index contributed by atoms with van der Waals surface area (Å²) in [6.07, 6.45) is 1.41. The first kappa shape index (κ1) is 22.0. The molecule has 0 saturated heterocycles. The molecule has 168 valence electrons. The van der Waals surface area contributed by atoms with Gasteiger partial charge in [-0.1, -0.05) is 43.3 Å². The number of hydrogen-bond donors (Lipinski definition) is 2. The number of para-hydroxylation sites is 1. The average Bonchev–Trinajstić information content (AvgIpc) is 3.31. The van der Waals surface area contributed by atoms with Crippen LogP contribution in [0.25, 0.3) is 10.9 Å². The van der Waals surface area contributed by atoms with Gasteiger partial charge in [0, 0.05) is 23.7 Å². The van der Waals surface area contributed by atoms with Gasteiger partial charge < -0.3 is 15.0 Å². The fourth-order valence-corrected chi connectivity index (χ4v) is 4.85. The Hall–Kier alpha value is -3.22. The summed E-state index contributed by atoms with van der Waals surface area (Å²) in [7, 11) is 0. The van der Waals surface area contributed by atoms with E-state index >= 15 is 0 Å². The first-order chi connectivity index (χ1) is 15.3. The number of carboxylic acid groups (broad SMARTS) is 1. The van der Waals surface area contributed by atoms with E-state index in [4.69, 9.17) is 0 Å². The van der Waals surface area contributed by atoms with Gasteiger partial charge in [-0.15, -0.1) is 0 Å². The van der Waals surface area contributed by atoms with Gasteiger partial charge in [-0.05, 0) is 42.9 Å². The molecule has 2 N–H and O–H groups in total. The van der Waals surface area contributed by atoms with E-state index in [1.807, 2.05) is 22.9 Å². The molecule has 1 amide bonds. The number of carbonyl (C=O) groups is 2. The van der Waals surface area contributed by atoms with Gasteiger partial charge in [0.15, 0.2) is 0 Å². The molecule has 2 aromatic carbocycles. The average molecular weight is 440 g/mol. The molecule has 0 bridgehead atoms. The maximum Gasteiger partial charge on any atom is 0.305 e. The molecule has 0 aliphatic heterocycles. The Balaban J connectivity index is 1.63. The van der Waals surface area contributed by atoms with Crippen LogP contribution in [0, 0.1) is 5.92 Å². The van der Waals surface area contributed by atoms with Gasteiger partial charge in [0.25, 0.3) is 12.3 Å². The van der Waals surface area contributed by atoms with Gasteiger partial charge in [-0.25, -0.2) is 8.78 Å². The SMILES string of the molecule is CC1CCC(CC(=O)O)(NC(=O)c2cccc3ccn(Cc4ccc(C(F)F)cc4)c23)C1. The lowest BCUT2D eigenvalue weighted by molar-refractivity contribution is -0.138. The number of aliphatic carboxylic acids is 1. The van der Waals surface area contributed by atoms with Gasteiger partial charge in [0.2, 0.25) is 0 Å². The third-order valence-corrected chi connectivity index (χ3v) is 6.34. The predicted octanol–water partition coefficient (Wildman–Crippen LogP) is 5.39. The van der Waals surface area contributed by atoms with E-state index in [0.717, 1.165) is 22.9 Å². The second-order valence-electron chi connectivity index (χ2n) is 8.88. The lowest BCUT2D eigenvalue weighted by Gasteiger charge is -2.29. The molecule has 1 heterocycles. The Morgan fingerprint density at radius 3 is 2.56 bits per heavy atom. The number of benzene rings is 2. The van der Waals surface area contributed by atoms with Crippen LogP contribution in [0.5, 0.6) is 0 Å². The Bertz CT molecular complexity index is 1140. The van der Waals surface area contributed by atoms with Crippen molar-refractivity contribution in [3.8, 4) is 0 Å². The molecular weight excluding hydrogens is 414 g/mol. The van der Waals surface area contributed by atoms with Crippen molar-refractivity contribution in [2.45, 2.75) is 51.1 Å². The highest BCUT2D eigenvalue weighted by Gasteiger charge is 2.41. The molecule has 3 aromatic rings. The molecular formula is C25H26F2N2O3. The Morgan fingerprint density at radius 1 is 1.19 bits per heavy atom. The molecule has 7 heteroatoms. The van der Waals surface area contributed by atoms with Crippen molar-refractivity contribution < 1.29 is 23.5 Å². The van der Waals surface area contributed by atoms with Gasteiger partial charge in [-0.3, -0.25) is 9.59 Å². The quantitative estimate of drug-likeness (QED) is 0.517. The van der Waals surface area contributed by atoms with Crippen molar-refractivity contribution in [3.63, 3.8) is 0 Å². The van der Waals surface area contributed by atoms with Gasteiger partial charge in [0.05, 0.1) is 23.0 Å². The highest BCUT2D eigenvalue weighted by atomic mass is 19.3. The van der Waals surface area contributed by atoms with Crippen LogP contribution in [0.1, 0.15) is 60.5 Å². The summed E-state index contributed by atoms with van der Waals surface area (Å²) in [4.78, 5) is 24.8. The molecule has 1 fully saturated rings. The van der Waals surface area contributed by atoms with Crippen LogP contribution in [-0.4, -0.2) is 27.1 Å². The largest absolute Gasteiger partial charge is 0.481 e. The number of rotatable bonds is 7. The number of alkyl halides is 2. The smallest absolute Gasteiger partial charge is 0.305 e. The molecule has 0 spiro atoms. The minimum atomic E-state index is -2.51. The number of fused-ring (bicyclic) bond motifs is 1. The van der Waals surface area contributed by atoms with Crippen LogP contribution in [0.4, 0.5) is 8.78 Å². The maximum absolute atomic E-state index is 13.3. The number of hydrogen-bond acceptors (Lipinski definition) is 2. The fourth-order valence-electron chi connectivity index (χ4n) is 4.85. The number of carboxylic acids is 1. The number of nitrogens with zero attached hydrogens (tertiary/aromatic N) is 1.